The molecule has 5 nitrogen and oxygen atoms in total. The van der Waals surface area contributed by atoms with Gasteiger partial charge in [-0.2, -0.15) is 0 Å². The summed E-state index contributed by atoms with van der Waals surface area (Å²) in [5.74, 6) is -0.371. The molecule has 0 saturated heterocycles. The van der Waals surface area contributed by atoms with Gasteiger partial charge in [0.1, 0.15) is 0 Å². The van der Waals surface area contributed by atoms with E-state index in [-0.39, 0.29) is 12.5 Å². The number of nitrogens with two attached hydrogens (primary N) is 1. The van der Waals surface area contributed by atoms with Crippen LogP contribution in [0.5, 0.6) is 0 Å². The molecule has 14 heavy (non-hydrogen) atoms. The molecule has 1 aliphatic carbocycles. The van der Waals surface area contributed by atoms with Crippen LogP contribution < -0.4 is 16.4 Å². The van der Waals surface area contributed by atoms with Crippen molar-refractivity contribution in [3.63, 3.8) is 0 Å². The van der Waals surface area contributed by atoms with E-state index in [0.29, 0.717) is 5.41 Å². The van der Waals surface area contributed by atoms with Gasteiger partial charge in [-0.3, -0.25) is 10.1 Å². The quantitative estimate of drug-likeness (QED) is 0.581. The number of primary amides is 1. The number of hydrogen-bond acceptors (Lipinski definition) is 3. The second-order valence-corrected chi connectivity index (χ2v) is 3.87. The van der Waals surface area contributed by atoms with E-state index >= 15 is 0 Å². The Morgan fingerprint density at radius 2 is 2.07 bits per heavy atom. The van der Waals surface area contributed by atoms with Crippen LogP contribution in [0.15, 0.2) is 0 Å². The van der Waals surface area contributed by atoms with Crippen molar-refractivity contribution in [2.24, 2.45) is 11.1 Å². The number of hydrogen-bond donors (Lipinski definition) is 3. The van der Waals surface area contributed by atoms with Crippen molar-refractivity contribution in [1.29, 1.82) is 0 Å². The fraction of sp³-hybridized carbons (Fsp3) is 0.778. The molecule has 0 aliphatic heterocycles. The highest BCUT2D eigenvalue weighted by atomic mass is 16.2. The molecule has 1 rings (SSSR count). The summed E-state index contributed by atoms with van der Waals surface area (Å²) in [6.07, 6.45) is 3.60. The fourth-order valence-electron chi connectivity index (χ4n) is 1.45. The molecule has 80 valence electrons. The van der Waals surface area contributed by atoms with Crippen LogP contribution in [0.25, 0.3) is 0 Å². The molecular formula is C9H17N3O2. The van der Waals surface area contributed by atoms with Crippen molar-refractivity contribution in [2.75, 3.05) is 13.1 Å². The van der Waals surface area contributed by atoms with E-state index in [9.17, 15) is 9.59 Å². The lowest BCUT2D eigenvalue weighted by molar-refractivity contribution is -0.119. The first-order chi connectivity index (χ1) is 6.58. The standard InChI is InChI=1S/C9H17N3O2/c1-2-9(3-4-9)6-11-5-7(13)12-8(10)14/h11H,2-6H2,1H3,(H3,10,12,13,14). The number of rotatable bonds is 5. The monoisotopic (exact) mass is 199 g/mol. The number of amides is 3. The molecule has 0 atom stereocenters. The van der Waals surface area contributed by atoms with Gasteiger partial charge in [-0.05, 0) is 24.7 Å². The lowest BCUT2D eigenvalue weighted by Gasteiger charge is -2.12. The normalized spacial score (nSPS) is 17.5. The summed E-state index contributed by atoms with van der Waals surface area (Å²) in [6, 6.07) is -0.798. The van der Waals surface area contributed by atoms with Crippen molar-refractivity contribution < 1.29 is 9.59 Å². The number of carbonyl (C=O) groups excluding carboxylic acids is 2. The lowest BCUT2D eigenvalue weighted by Crippen LogP contribution is -2.41. The second-order valence-electron chi connectivity index (χ2n) is 3.87. The SMILES string of the molecule is CCC1(CNCC(=O)NC(N)=O)CC1. The molecule has 0 radical (unpaired) electrons. The Balaban J connectivity index is 2.09. The van der Waals surface area contributed by atoms with Gasteiger partial charge < -0.3 is 11.1 Å². The number of imide groups is 1. The van der Waals surface area contributed by atoms with Crippen molar-refractivity contribution in [1.82, 2.24) is 10.6 Å². The van der Waals surface area contributed by atoms with Crippen molar-refractivity contribution in [3.05, 3.63) is 0 Å². The minimum atomic E-state index is -0.798. The largest absolute Gasteiger partial charge is 0.351 e. The van der Waals surface area contributed by atoms with Gasteiger partial charge in [0, 0.05) is 6.54 Å². The Morgan fingerprint density at radius 1 is 1.43 bits per heavy atom. The third-order valence-corrected chi connectivity index (χ3v) is 2.76. The van der Waals surface area contributed by atoms with Gasteiger partial charge in [-0.1, -0.05) is 6.92 Å². The number of nitrogens with one attached hydrogen (secondary N) is 2. The Hall–Kier alpha value is -1.10. The molecule has 0 aromatic heterocycles. The average Bonchev–Trinajstić information content (AvgIpc) is 2.84. The zero-order chi connectivity index (χ0) is 10.6. The minimum absolute atomic E-state index is 0.157. The molecule has 3 amide bonds. The molecular weight excluding hydrogens is 182 g/mol. The van der Waals surface area contributed by atoms with Crippen LogP contribution in [0.1, 0.15) is 26.2 Å². The summed E-state index contributed by atoms with van der Waals surface area (Å²) in [6.45, 7) is 3.15. The number of carbonyl (C=O) groups is 2. The third kappa shape index (κ3) is 3.33. The molecule has 1 fully saturated rings. The predicted molar refractivity (Wildman–Crippen MR) is 52.6 cm³/mol. The Kier molecular flexibility index (Phi) is 3.46. The molecule has 0 aromatic carbocycles. The first-order valence-electron chi connectivity index (χ1n) is 4.88. The van der Waals surface area contributed by atoms with E-state index in [0.717, 1.165) is 13.0 Å². The van der Waals surface area contributed by atoms with Crippen molar-refractivity contribution in [2.45, 2.75) is 26.2 Å². The van der Waals surface area contributed by atoms with Gasteiger partial charge in [0.05, 0.1) is 6.54 Å². The zero-order valence-electron chi connectivity index (χ0n) is 8.43. The minimum Gasteiger partial charge on any atom is -0.351 e. The molecule has 0 aromatic rings. The summed E-state index contributed by atoms with van der Waals surface area (Å²) < 4.78 is 0. The maximum absolute atomic E-state index is 11.0. The average molecular weight is 199 g/mol. The molecule has 0 heterocycles. The second kappa shape index (κ2) is 4.41. The van der Waals surface area contributed by atoms with E-state index in [4.69, 9.17) is 5.73 Å². The predicted octanol–water partition coefficient (Wildman–Crippen LogP) is -0.0389. The molecule has 4 N–H and O–H groups in total. The summed E-state index contributed by atoms with van der Waals surface area (Å²) in [5, 5.41) is 5.03. The summed E-state index contributed by atoms with van der Waals surface area (Å²) in [5.41, 5.74) is 5.20. The van der Waals surface area contributed by atoms with Gasteiger partial charge in [0.2, 0.25) is 5.91 Å². The maximum atomic E-state index is 11.0. The fourth-order valence-corrected chi connectivity index (χ4v) is 1.45. The molecule has 1 saturated carbocycles. The molecule has 5 heteroatoms. The maximum Gasteiger partial charge on any atom is 0.318 e. The van der Waals surface area contributed by atoms with Crippen molar-refractivity contribution in [3.8, 4) is 0 Å². The van der Waals surface area contributed by atoms with Gasteiger partial charge in [0.15, 0.2) is 0 Å². The molecule has 1 aliphatic rings. The van der Waals surface area contributed by atoms with Crippen LogP contribution in [0.2, 0.25) is 0 Å². The van der Waals surface area contributed by atoms with E-state index < -0.39 is 6.03 Å². The summed E-state index contributed by atoms with van der Waals surface area (Å²) in [4.78, 5) is 21.3. The van der Waals surface area contributed by atoms with Crippen LogP contribution >= 0.6 is 0 Å². The van der Waals surface area contributed by atoms with Gasteiger partial charge in [-0.25, -0.2) is 4.79 Å². The highest BCUT2D eigenvalue weighted by Crippen LogP contribution is 2.47. The van der Waals surface area contributed by atoms with E-state index in [1.54, 1.807) is 0 Å². The molecule has 0 unspecified atom stereocenters. The lowest BCUT2D eigenvalue weighted by atomic mass is 10.0. The summed E-state index contributed by atoms with van der Waals surface area (Å²) in [7, 11) is 0. The van der Waals surface area contributed by atoms with E-state index in [1.807, 2.05) is 5.32 Å². The van der Waals surface area contributed by atoms with Crippen LogP contribution in [-0.2, 0) is 4.79 Å². The van der Waals surface area contributed by atoms with Crippen LogP contribution in [-0.4, -0.2) is 25.0 Å². The van der Waals surface area contributed by atoms with Crippen molar-refractivity contribution >= 4 is 11.9 Å². The molecule has 0 spiro atoms. The summed E-state index contributed by atoms with van der Waals surface area (Å²) >= 11 is 0. The van der Waals surface area contributed by atoms with Crippen LogP contribution in [0.3, 0.4) is 0 Å². The Labute approximate surface area is 83.4 Å². The van der Waals surface area contributed by atoms with E-state index in [2.05, 4.69) is 12.2 Å². The topological polar surface area (TPSA) is 84.2 Å². The number of urea groups is 1. The molecule has 0 bridgehead atoms. The smallest absolute Gasteiger partial charge is 0.318 e. The van der Waals surface area contributed by atoms with Gasteiger partial charge >= 0.3 is 6.03 Å². The first-order valence-corrected chi connectivity index (χ1v) is 4.88. The van der Waals surface area contributed by atoms with Gasteiger partial charge in [-0.15, -0.1) is 0 Å². The van der Waals surface area contributed by atoms with E-state index in [1.165, 1.54) is 12.8 Å². The van der Waals surface area contributed by atoms with Crippen LogP contribution in [0.4, 0.5) is 4.79 Å². The highest BCUT2D eigenvalue weighted by molar-refractivity contribution is 5.94. The Bertz CT molecular complexity index is 236. The van der Waals surface area contributed by atoms with Gasteiger partial charge in [0.25, 0.3) is 0 Å². The highest BCUT2D eigenvalue weighted by Gasteiger charge is 2.39. The Morgan fingerprint density at radius 3 is 2.50 bits per heavy atom. The zero-order valence-corrected chi connectivity index (χ0v) is 8.43. The van der Waals surface area contributed by atoms with Crippen LogP contribution in [0, 0.1) is 5.41 Å². The first kappa shape index (κ1) is 11.0. The third-order valence-electron chi connectivity index (χ3n) is 2.76.